The molecule has 0 spiro atoms. The van der Waals surface area contributed by atoms with E-state index in [0.29, 0.717) is 19.0 Å². The smallest absolute Gasteiger partial charge is 0.407 e. The minimum absolute atomic E-state index is 0.468. The van der Waals surface area contributed by atoms with Crippen molar-refractivity contribution >= 4 is 22.6 Å². The lowest BCUT2D eigenvalue weighted by atomic mass is 9.96. The fourth-order valence-electron chi connectivity index (χ4n) is 2.14. The van der Waals surface area contributed by atoms with Gasteiger partial charge in [0.2, 0.25) is 0 Å². The van der Waals surface area contributed by atoms with Crippen LogP contribution in [-0.4, -0.2) is 40.7 Å². The second-order valence-corrected chi connectivity index (χ2v) is 5.60. The van der Waals surface area contributed by atoms with Crippen LogP contribution in [0.4, 0.5) is 9.93 Å². The number of amides is 1. The van der Waals surface area contributed by atoms with Crippen LogP contribution in [0.5, 0.6) is 0 Å². The molecular weight excluding hydrogens is 250 g/mol. The molecule has 0 aromatic carbocycles. The zero-order valence-corrected chi connectivity index (χ0v) is 11.4. The average molecular weight is 269 g/mol. The highest BCUT2D eigenvalue weighted by molar-refractivity contribution is 7.15. The van der Waals surface area contributed by atoms with Gasteiger partial charge in [-0.1, -0.05) is 6.92 Å². The first kappa shape index (κ1) is 13.1. The summed E-state index contributed by atoms with van der Waals surface area (Å²) in [5.41, 5.74) is 0. The van der Waals surface area contributed by atoms with Gasteiger partial charge in [-0.25, -0.2) is 9.78 Å². The molecule has 0 unspecified atom stereocenters. The van der Waals surface area contributed by atoms with Crippen molar-refractivity contribution in [3.05, 3.63) is 11.1 Å². The Morgan fingerprint density at radius 2 is 2.33 bits per heavy atom. The van der Waals surface area contributed by atoms with Crippen molar-refractivity contribution in [3.63, 3.8) is 0 Å². The van der Waals surface area contributed by atoms with E-state index in [1.54, 1.807) is 11.3 Å². The Bertz CT molecular complexity index is 400. The molecule has 100 valence electrons. The molecule has 2 N–H and O–H groups in total. The van der Waals surface area contributed by atoms with E-state index in [9.17, 15) is 4.79 Å². The second-order valence-electron chi connectivity index (χ2n) is 4.54. The molecule has 0 atom stereocenters. The van der Waals surface area contributed by atoms with Crippen LogP contribution in [0, 0.1) is 0 Å². The first-order chi connectivity index (χ1) is 8.70. The van der Waals surface area contributed by atoms with Crippen molar-refractivity contribution in [1.82, 2.24) is 9.88 Å². The molecule has 1 saturated heterocycles. The van der Waals surface area contributed by atoms with Crippen molar-refractivity contribution in [3.8, 4) is 0 Å². The van der Waals surface area contributed by atoms with Crippen LogP contribution in [0.2, 0.25) is 0 Å². The minimum atomic E-state index is -0.803. The van der Waals surface area contributed by atoms with Gasteiger partial charge in [0.05, 0.1) is 0 Å². The number of rotatable bonds is 4. The standard InChI is InChI=1S/C12H19N3O2S/c1-2-5-13-11-14-8-10(18-11)9-3-6-15(7-4-9)12(16)17/h8-9H,2-7H2,1H3,(H,13,14)(H,16,17). The van der Waals surface area contributed by atoms with Gasteiger partial charge >= 0.3 is 6.09 Å². The minimum Gasteiger partial charge on any atom is -0.465 e. The van der Waals surface area contributed by atoms with Crippen molar-refractivity contribution in [2.75, 3.05) is 25.0 Å². The molecule has 1 fully saturated rings. The second kappa shape index (κ2) is 6.04. The van der Waals surface area contributed by atoms with Gasteiger partial charge < -0.3 is 15.3 Å². The number of thiazole rings is 1. The molecule has 1 amide bonds. The zero-order valence-electron chi connectivity index (χ0n) is 10.6. The molecule has 0 aliphatic carbocycles. The number of nitrogens with zero attached hydrogens (tertiary/aromatic N) is 2. The number of nitrogens with one attached hydrogen (secondary N) is 1. The first-order valence-electron chi connectivity index (χ1n) is 6.38. The summed E-state index contributed by atoms with van der Waals surface area (Å²) in [7, 11) is 0. The Hall–Kier alpha value is -1.30. The van der Waals surface area contributed by atoms with Gasteiger partial charge in [-0.05, 0) is 25.2 Å². The molecule has 0 bridgehead atoms. The molecule has 1 aliphatic rings. The quantitative estimate of drug-likeness (QED) is 0.882. The molecule has 0 radical (unpaired) electrons. The summed E-state index contributed by atoms with van der Waals surface area (Å²) in [5, 5.41) is 13.2. The van der Waals surface area contributed by atoms with E-state index >= 15 is 0 Å². The monoisotopic (exact) mass is 269 g/mol. The van der Waals surface area contributed by atoms with Crippen LogP contribution in [0.1, 0.15) is 37.0 Å². The summed E-state index contributed by atoms with van der Waals surface area (Å²) in [5.74, 6) is 0.468. The number of carbonyl (C=O) groups is 1. The Morgan fingerprint density at radius 3 is 2.94 bits per heavy atom. The summed E-state index contributed by atoms with van der Waals surface area (Å²) < 4.78 is 0. The van der Waals surface area contributed by atoms with Gasteiger partial charge in [0.1, 0.15) is 0 Å². The normalized spacial score (nSPS) is 16.8. The lowest BCUT2D eigenvalue weighted by molar-refractivity contribution is 0.132. The van der Waals surface area contributed by atoms with Gasteiger partial charge in [0.25, 0.3) is 0 Å². The number of anilines is 1. The van der Waals surface area contributed by atoms with Crippen LogP contribution in [0.15, 0.2) is 6.20 Å². The predicted octanol–water partition coefficient (Wildman–Crippen LogP) is 2.82. The first-order valence-corrected chi connectivity index (χ1v) is 7.19. The van der Waals surface area contributed by atoms with E-state index in [-0.39, 0.29) is 0 Å². The van der Waals surface area contributed by atoms with Crippen LogP contribution >= 0.6 is 11.3 Å². The van der Waals surface area contributed by atoms with E-state index < -0.39 is 6.09 Å². The molecular formula is C12H19N3O2S. The van der Waals surface area contributed by atoms with Gasteiger partial charge in [-0.2, -0.15) is 0 Å². The van der Waals surface area contributed by atoms with Crippen molar-refractivity contribution in [1.29, 1.82) is 0 Å². The highest BCUT2D eigenvalue weighted by Gasteiger charge is 2.24. The van der Waals surface area contributed by atoms with E-state index in [1.165, 1.54) is 9.78 Å². The van der Waals surface area contributed by atoms with E-state index in [4.69, 9.17) is 5.11 Å². The fourth-order valence-corrected chi connectivity index (χ4v) is 3.15. The number of likely N-dealkylation sites (tertiary alicyclic amines) is 1. The van der Waals surface area contributed by atoms with E-state index in [1.807, 2.05) is 6.20 Å². The van der Waals surface area contributed by atoms with Gasteiger partial charge in [0.15, 0.2) is 5.13 Å². The zero-order chi connectivity index (χ0) is 13.0. The number of hydrogen-bond acceptors (Lipinski definition) is 4. The summed E-state index contributed by atoms with van der Waals surface area (Å²) >= 11 is 1.70. The van der Waals surface area contributed by atoms with Crippen LogP contribution in [0.25, 0.3) is 0 Å². The number of hydrogen-bond donors (Lipinski definition) is 2. The van der Waals surface area contributed by atoms with Gasteiger partial charge in [-0.3, -0.25) is 0 Å². The molecule has 1 aromatic rings. The molecule has 1 aromatic heterocycles. The van der Waals surface area contributed by atoms with E-state index in [0.717, 1.165) is 30.9 Å². The summed E-state index contributed by atoms with van der Waals surface area (Å²) in [6, 6.07) is 0. The largest absolute Gasteiger partial charge is 0.465 e. The summed E-state index contributed by atoms with van der Waals surface area (Å²) in [6.07, 6.45) is 4.03. The van der Waals surface area contributed by atoms with Gasteiger partial charge in [0, 0.05) is 30.7 Å². The highest BCUT2D eigenvalue weighted by atomic mass is 32.1. The Labute approximate surface area is 111 Å². The third kappa shape index (κ3) is 3.13. The topological polar surface area (TPSA) is 65.5 Å². The van der Waals surface area contributed by atoms with Crippen LogP contribution < -0.4 is 5.32 Å². The summed E-state index contributed by atoms with van der Waals surface area (Å²) in [4.78, 5) is 18.0. The van der Waals surface area contributed by atoms with E-state index in [2.05, 4.69) is 17.2 Å². The average Bonchev–Trinajstić information content (AvgIpc) is 2.85. The highest BCUT2D eigenvalue weighted by Crippen LogP contribution is 2.33. The maximum atomic E-state index is 10.8. The molecule has 6 heteroatoms. The Balaban J connectivity index is 1.89. The lowest BCUT2D eigenvalue weighted by Crippen LogP contribution is -2.36. The van der Waals surface area contributed by atoms with Gasteiger partial charge in [-0.15, -0.1) is 11.3 Å². The third-order valence-corrected chi connectivity index (χ3v) is 4.34. The number of carboxylic acid groups (broad SMARTS) is 1. The molecule has 5 nitrogen and oxygen atoms in total. The third-order valence-electron chi connectivity index (χ3n) is 3.22. The number of piperidine rings is 1. The van der Waals surface area contributed by atoms with Crippen molar-refractivity contribution in [2.45, 2.75) is 32.1 Å². The SMILES string of the molecule is CCCNc1ncc(C2CCN(C(=O)O)CC2)s1. The van der Waals surface area contributed by atoms with Crippen molar-refractivity contribution < 1.29 is 9.90 Å². The van der Waals surface area contributed by atoms with Crippen LogP contribution in [0.3, 0.4) is 0 Å². The lowest BCUT2D eigenvalue weighted by Gasteiger charge is -2.29. The molecule has 0 saturated carbocycles. The fraction of sp³-hybridized carbons (Fsp3) is 0.667. The Morgan fingerprint density at radius 1 is 1.61 bits per heavy atom. The molecule has 1 aliphatic heterocycles. The summed E-state index contributed by atoms with van der Waals surface area (Å²) in [6.45, 7) is 4.35. The maximum Gasteiger partial charge on any atom is 0.407 e. The van der Waals surface area contributed by atoms with Crippen LogP contribution in [-0.2, 0) is 0 Å². The number of aromatic nitrogens is 1. The molecule has 2 heterocycles. The molecule has 2 rings (SSSR count). The maximum absolute atomic E-state index is 10.8. The van der Waals surface area contributed by atoms with Crippen molar-refractivity contribution in [2.24, 2.45) is 0 Å². The predicted molar refractivity (Wildman–Crippen MR) is 72.5 cm³/mol. The molecule has 18 heavy (non-hydrogen) atoms. The Kier molecular flexibility index (Phi) is 4.41.